The highest BCUT2D eigenvalue weighted by atomic mass is 16.5. The zero-order valence-electron chi connectivity index (χ0n) is 19.3. The van der Waals surface area contributed by atoms with Gasteiger partial charge in [0.25, 0.3) is 11.8 Å². The number of carbonyl (C=O) groups excluding carboxylic acids is 1. The molecule has 0 N–H and O–H groups in total. The van der Waals surface area contributed by atoms with Gasteiger partial charge in [-0.3, -0.25) is 4.79 Å². The molecular weight excluding hydrogens is 444 g/mol. The van der Waals surface area contributed by atoms with Crippen LogP contribution in [0.5, 0.6) is 5.75 Å². The highest BCUT2D eigenvalue weighted by molar-refractivity contribution is 5.94. The first-order valence-corrected chi connectivity index (χ1v) is 11.4. The van der Waals surface area contributed by atoms with E-state index < -0.39 is 0 Å². The number of benzene rings is 2. The third-order valence-electron chi connectivity index (χ3n) is 5.83. The zero-order chi connectivity index (χ0) is 24.2. The number of nitriles is 1. The van der Waals surface area contributed by atoms with Gasteiger partial charge in [0.15, 0.2) is 5.76 Å². The Morgan fingerprint density at radius 2 is 1.83 bits per heavy atom. The Hall–Kier alpha value is -4.51. The first-order valence-electron chi connectivity index (χ1n) is 11.4. The van der Waals surface area contributed by atoms with Gasteiger partial charge in [-0.2, -0.15) is 10.2 Å². The monoisotopic (exact) mass is 468 g/mol. The van der Waals surface area contributed by atoms with E-state index in [1.165, 1.54) is 0 Å². The summed E-state index contributed by atoms with van der Waals surface area (Å²) in [6, 6.07) is 22.7. The van der Waals surface area contributed by atoms with Gasteiger partial charge in [0.2, 0.25) is 11.6 Å². The summed E-state index contributed by atoms with van der Waals surface area (Å²) in [4.78, 5) is 20.8. The lowest BCUT2D eigenvalue weighted by Crippen LogP contribution is -2.48. The van der Waals surface area contributed by atoms with Crippen molar-refractivity contribution in [3.63, 3.8) is 0 Å². The molecule has 0 radical (unpaired) electrons. The van der Waals surface area contributed by atoms with E-state index in [9.17, 15) is 10.1 Å². The van der Waals surface area contributed by atoms with Crippen LogP contribution < -0.4 is 9.64 Å². The van der Waals surface area contributed by atoms with Crippen molar-refractivity contribution in [2.75, 3.05) is 31.1 Å². The van der Waals surface area contributed by atoms with Gasteiger partial charge >= 0.3 is 0 Å². The highest BCUT2D eigenvalue weighted by Crippen LogP contribution is 2.30. The van der Waals surface area contributed by atoms with Gasteiger partial charge in [-0.15, -0.1) is 0 Å². The van der Waals surface area contributed by atoms with E-state index >= 15 is 0 Å². The van der Waals surface area contributed by atoms with Crippen molar-refractivity contribution in [1.82, 2.24) is 9.88 Å². The van der Waals surface area contributed by atoms with Crippen LogP contribution in [-0.4, -0.2) is 42.0 Å². The molecule has 4 aromatic rings. The van der Waals surface area contributed by atoms with E-state index in [4.69, 9.17) is 13.6 Å². The fourth-order valence-electron chi connectivity index (χ4n) is 4.01. The summed E-state index contributed by atoms with van der Waals surface area (Å²) in [5, 5.41) is 9.62. The minimum absolute atomic E-state index is 0.0000118. The number of piperazine rings is 1. The lowest BCUT2D eigenvalue weighted by molar-refractivity contribution is 0.0745. The van der Waals surface area contributed by atoms with E-state index in [-0.39, 0.29) is 24.1 Å². The number of aryl methyl sites for hydroxylation is 1. The van der Waals surface area contributed by atoms with Crippen LogP contribution in [0.15, 0.2) is 75.6 Å². The van der Waals surface area contributed by atoms with Crippen molar-refractivity contribution in [1.29, 1.82) is 5.26 Å². The van der Waals surface area contributed by atoms with Crippen molar-refractivity contribution < 1.29 is 18.4 Å². The molecule has 1 fully saturated rings. The third kappa shape index (κ3) is 4.89. The number of rotatable bonds is 6. The van der Waals surface area contributed by atoms with Crippen molar-refractivity contribution in [3.05, 3.63) is 89.3 Å². The normalized spacial score (nSPS) is 13.5. The lowest BCUT2D eigenvalue weighted by Gasteiger charge is -2.34. The van der Waals surface area contributed by atoms with E-state index in [1.807, 2.05) is 71.3 Å². The van der Waals surface area contributed by atoms with Gasteiger partial charge in [-0.05, 0) is 48.9 Å². The van der Waals surface area contributed by atoms with Crippen LogP contribution in [0.4, 0.5) is 5.88 Å². The van der Waals surface area contributed by atoms with Crippen molar-refractivity contribution in [2.24, 2.45) is 0 Å². The smallest absolute Gasteiger partial charge is 0.266 e. The molecule has 3 heterocycles. The molecular formula is C27H24N4O4. The Bertz CT molecular complexity index is 1360. The lowest BCUT2D eigenvalue weighted by atomic mass is 10.2. The molecule has 0 bridgehead atoms. The maximum Gasteiger partial charge on any atom is 0.266 e. The molecule has 1 aliphatic rings. The van der Waals surface area contributed by atoms with Crippen LogP contribution in [0.25, 0.3) is 11.7 Å². The summed E-state index contributed by atoms with van der Waals surface area (Å²) in [7, 11) is 0. The average molecular weight is 469 g/mol. The van der Waals surface area contributed by atoms with Crippen molar-refractivity contribution >= 4 is 11.8 Å². The van der Waals surface area contributed by atoms with Gasteiger partial charge < -0.3 is 23.4 Å². The summed E-state index contributed by atoms with van der Waals surface area (Å²) < 4.78 is 17.6. The average Bonchev–Trinajstić information content (AvgIpc) is 3.55. The Morgan fingerprint density at radius 3 is 2.57 bits per heavy atom. The minimum atomic E-state index is 0.0000118. The molecule has 1 saturated heterocycles. The van der Waals surface area contributed by atoms with Gasteiger partial charge in [0.1, 0.15) is 24.2 Å². The number of anilines is 1. The largest absolute Gasteiger partial charge is 0.486 e. The third-order valence-corrected chi connectivity index (χ3v) is 5.83. The number of hydrogen-bond acceptors (Lipinski definition) is 7. The van der Waals surface area contributed by atoms with Crippen LogP contribution in [0.3, 0.4) is 0 Å². The van der Waals surface area contributed by atoms with E-state index in [2.05, 4.69) is 11.1 Å². The number of furan rings is 1. The SMILES string of the molecule is Cc1cccc(OCc2ccc(-c3nc(C#N)c(N4CCN(C(=O)c5ccccc5)CC4)o3)o2)c1. The second kappa shape index (κ2) is 9.77. The summed E-state index contributed by atoms with van der Waals surface area (Å²) in [6.45, 7) is 4.39. The van der Waals surface area contributed by atoms with Crippen molar-refractivity contribution in [3.8, 4) is 23.5 Å². The minimum Gasteiger partial charge on any atom is -0.486 e. The van der Waals surface area contributed by atoms with Gasteiger partial charge in [-0.1, -0.05) is 30.3 Å². The predicted molar refractivity (Wildman–Crippen MR) is 129 cm³/mol. The van der Waals surface area contributed by atoms with Crippen LogP contribution >= 0.6 is 0 Å². The van der Waals surface area contributed by atoms with E-state index in [0.717, 1.165) is 11.3 Å². The molecule has 35 heavy (non-hydrogen) atoms. The van der Waals surface area contributed by atoms with Gasteiger partial charge in [0.05, 0.1) is 0 Å². The highest BCUT2D eigenvalue weighted by Gasteiger charge is 2.27. The molecule has 5 rings (SSSR count). The number of nitrogens with zero attached hydrogens (tertiary/aromatic N) is 4. The van der Waals surface area contributed by atoms with E-state index in [1.54, 1.807) is 12.1 Å². The number of hydrogen-bond donors (Lipinski definition) is 0. The van der Waals surface area contributed by atoms with Crippen molar-refractivity contribution in [2.45, 2.75) is 13.5 Å². The van der Waals surface area contributed by atoms with Crippen LogP contribution in [-0.2, 0) is 6.61 Å². The second-order valence-corrected chi connectivity index (χ2v) is 8.30. The Kier molecular flexibility index (Phi) is 6.22. The topological polar surface area (TPSA) is 95.7 Å². The molecule has 0 aliphatic carbocycles. The molecule has 2 aromatic carbocycles. The zero-order valence-corrected chi connectivity index (χ0v) is 19.3. The molecule has 1 amide bonds. The Labute approximate surface area is 203 Å². The van der Waals surface area contributed by atoms with Crippen LogP contribution in [0, 0.1) is 18.3 Å². The van der Waals surface area contributed by atoms with Gasteiger partial charge in [0, 0.05) is 31.7 Å². The summed E-state index contributed by atoms with van der Waals surface area (Å²) >= 11 is 0. The standard InChI is InChI=1S/C27H24N4O4/c1-19-6-5-9-21(16-19)33-18-22-10-11-24(34-22)25-29-23(17-28)27(35-25)31-14-12-30(13-15-31)26(32)20-7-3-2-4-8-20/h2-11,16H,12-15,18H2,1H3. The number of carbonyl (C=O) groups is 1. The molecule has 8 heteroatoms. The maximum atomic E-state index is 12.7. The number of amides is 1. The molecule has 0 saturated carbocycles. The number of oxazole rings is 1. The number of aromatic nitrogens is 1. The summed E-state index contributed by atoms with van der Waals surface area (Å²) in [5.41, 5.74) is 1.97. The molecule has 0 unspecified atom stereocenters. The Balaban J connectivity index is 1.25. The Morgan fingerprint density at radius 1 is 1.03 bits per heavy atom. The van der Waals surface area contributed by atoms with Crippen LogP contribution in [0.1, 0.15) is 27.4 Å². The molecule has 1 aliphatic heterocycles. The first kappa shape index (κ1) is 22.3. The fourth-order valence-corrected chi connectivity index (χ4v) is 4.01. The van der Waals surface area contributed by atoms with E-state index in [0.29, 0.717) is 49.1 Å². The first-order chi connectivity index (χ1) is 17.1. The quantitative estimate of drug-likeness (QED) is 0.406. The molecule has 0 spiro atoms. The molecule has 176 valence electrons. The fraction of sp³-hybridized carbons (Fsp3) is 0.222. The number of ether oxygens (including phenoxy) is 1. The summed E-state index contributed by atoms with van der Waals surface area (Å²) in [5.74, 6) is 2.43. The molecule has 8 nitrogen and oxygen atoms in total. The van der Waals surface area contributed by atoms with Gasteiger partial charge in [-0.25, -0.2) is 0 Å². The second-order valence-electron chi connectivity index (χ2n) is 8.30. The molecule has 0 atom stereocenters. The van der Waals surface area contributed by atoms with Crippen LogP contribution in [0.2, 0.25) is 0 Å². The maximum absolute atomic E-state index is 12.7. The summed E-state index contributed by atoms with van der Waals surface area (Å²) in [6.07, 6.45) is 0. The predicted octanol–water partition coefficient (Wildman–Crippen LogP) is 4.66. The molecule has 2 aromatic heterocycles.